The highest BCUT2D eigenvalue weighted by Crippen LogP contribution is 2.45. The van der Waals surface area contributed by atoms with Crippen LogP contribution in [0.3, 0.4) is 0 Å². The zero-order chi connectivity index (χ0) is 25.4. The average molecular weight is 514 g/mol. The molecule has 0 bridgehead atoms. The largest absolute Gasteiger partial charge is 0.507 e. The molecule has 1 aliphatic heterocycles. The Bertz CT molecular complexity index is 1370. The van der Waals surface area contributed by atoms with Gasteiger partial charge in [0.15, 0.2) is 0 Å². The van der Waals surface area contributed by atoms with E-state index in [2.05, 4.69) is 0 Å². The molecule has 2 N–H and O–H groups in total. The fourth-order valence-corrected chi connectivity index (χ4v) is 4.65. The summed E-state index contributed by atoms with van der Waals surface area (Å²) >= 11 is 12.5. The van der Waals surface area contributed by atoms with Crippen molar-refractivity contribution in [3.05, 3.63) is 86.9 Å². The Kier molecular flexibility index (Phi) is 6.65. The van der Waals surface area contributed by atoms with E-state index < -0.39 is 23.5 Å². The number of hydrogen-bond acceptors (Lipinski definition) is 6. The lowest BCUT2D eigenvalue weighted by molar-refractivity contribution is -0.132. The lowest BCUT2D eigenvalue weighted by Crippen LogP contribution is -2.29. The van der Waals surface area contributed by atoms with Crippen LogP contribution in [0.25, 0.3) is 5.76 Å². The number of amides is 1. The van der Waals surface area contributed by atoms with Crippen molar-refractivity contribution in [1.82, 2.24) is 0 Å². The molecule has 0 spiro atoms. The third-order valence-corrected chi connectivity index (χ3v) is 6.31. The number of phenols is 1. The number of aryl methyl sites for hydroxylation is 1. The summed E-state index contributed by atoms with van der Waals surface area (Å²) in [7, 11) is 2.90. The number of ether oxygens (including phenoxy) is 2. The molecule has 4 rings (SSSR count). The molecule has 1 saturated heterocycles. The van der Waals surface area contributed by atoms with E-state index >= 15 is 0 Å². The molecule has 1 atom stereocenters. The summed E-state index contributed by atoms with van der Waals surface area (Å²) in [5.41, 5.74) is 1.51. The van der Waals surface area contributed by atoms with E-state index in [0.717, 1.165) is 0 Å². The van der Waals surface area contributed by atoms with Crippen LogP contribution >= 0.6 is 23.2 Å². The highest BCUT2D eigenvalue weighted by Gasteiger charge is 2.47. The van der Waals surface area contributed by atoms with Gasteiger partial charge in [0.2, 0.25) is 0 Å². The first-order valence-corrected chi connectivity index (χ1v) is 11.2. The number of methoxy groups -OCH3 is 2. The van der Waals surface area contributed by atoms with Gasteiger partial charge in [0.25, 0.3) is 11.7 Å². The first-order chi connectivity index (χ1) is 16.7. The van der Waals surface area contributed by atoms with Gasteiger partial charge >= 0.3 is 0 Å². The minimum Gasteiger partial charge on any atom is -0.507 e. The Labute approximate surface area is 211 Å². The molecule has 1 aliphatic rings. The topological polar surface area (TPSA) is 96.3 Å². The molecular formula is C26H21Cl2NO6. The number of aliphatic hydroxyl groups is 1. The number of hydrogen-bond donors (Lipinski definition) is 2. The number of carbonyl (C=O) groups excluding carboxylic acids is 2. The van der Waals surface area contributed by atoms with Crippen LogP contribution in [-0.2, 0) is 9.59 Å². The molecule has 0 aliphatic carbocycles. The van der Waals surface area contributed by atoms with E-state index in [4.69, 9.17) is 32.7 Å². The maximum atomic E-state index is 13.3. The molecule has 1 fully saturated rings. The number of benzene rings is 3. The number of rotatable bonds is 5. The molecule has 7 nitrogen and oxygen atoms in total. The zero-order valence-corrected chi connectivity index (χ0v) is 20.5. The second-order valence-corrected chi connectivity index (χ2v) is 8.72. The maximum absolute atomic E-state index is 13.3. The predicted octanol–water partition coefficient (Wildman–Crippen LogP) is 5.65. The summed E-state index contributed by atoms with van der Waals surface area (Å²) in [6.45, 7) is 1.77. The van der Waals surface area contributed by atoms with E-state index in [1.165, 1.54) is 37.3 Å². The van der Waals surface area contributed by atoms with Gasteiger partial charge in [-0.1, -0.05) is 29.3 Å². The van der Waals surface area contributed by atoms with Crippen LogP contribution < -0.4 is 14.4 Å². The van der Waals surface area contributed by atoms with Gasteiger partial charge in [-0.15, -0.1) is 0 Å². The monoisotopic (exact) mass is 513 g/mol. The van der Waals surface area contributed by atoms with Gasteiger partial charge in [-0.25, -0.2) is 0 Å². The van der Waals surface area contributed by atoms with Crippen molar-refractivity contribution in [1.29, 1.82) is 0 Å². The summed E-state index contributed by atoms with van der Waals surface area (Å²) in [4.78, 5) is 27.9. The summed E-state index contributed by atoms with van der Waals surface area (Å²) < 4.78 is 10.6. The Morgan fingerprint density at radius 3 is 2.23 bits per heavy atom. The highest BCUT2D eigenvalue weighted by molar-refractivity contribution is 6.51. The Morgan fingerprint density at radius 2 is 1.63 bits per heavy atom. The quantitative estimate of drug-likeness (QED) is 0.260. The number of ketones is 1. The number of carbonyl (C=O) groups is 2. The number of halogens is 2. The van der Waals surface area contributed by atoms with Gasteiger partial charge in [-0.05, 0) is 66.6 Å². The van der Waals surface area contributed by atoms with E-state index in [0.29, 0.717) is 22.6 Å². The van der Waals surface area contributed by atoms with Crippen LogP contribution in [0.4, 0.5) is 5.69 Å². The number of phenolic OH excluding ortho intramolecular Hbond substituents is 1. The van der Waals surface area contributed by atoms with Crippen LogP contribution in [0.5, 0.6) is 17.2 Å². The average Bonchev–Trinajstić information content (AvgIpc) is 3.10. The van der Waals surface area contributed by atoms with Gasteiger partial charge in [-0.3, -0.25) is 14.5 Å². The number of anilines is 1. The predicted molar refractivity (Wildman–Crippen MR) is 134 cm³/mol. The molecule has 3 aromatic carbocycles. The van der Waals surface area contributed by atoms with Gasteiger partial charge in [0.1, 0.15) is 23.0 Å². The second kappa shape index (κ2) is 9.52. The third kappa shape index (κ3) is 4.29. The van der Waals surface area contributed by atoms with Crippen molar-refractivity contribution in [2.45, 2.75) is 13.0 Å². The minimum atomic E-state index is -1.05. The molecule has 9 heteroatoms. The number of aliphatic hydroxyl groups excluding tert-OH is 1. The first kappa shape index (κ1) is 24.4. The molecule has 3 aromatic rings. The van der Waals surface area contributed by atoms with Crippen molar-refractivity contribution in [3.8, 4) is 17.2 Å². The Hall–Kier alpha value is -3.68. The van der Waals surface area contributed by atoms with E-state index in [1.54, 1.807) is 43.3 Å². The van der Waals surface area contributed by atoms with Crippen molar-refractivity contribution in [2.75, 3.05) is 19.1 Å². The second-order valence-electron chi connectivity index (χ2n) is 7.91. The first-order valence-electron chi connectivity index (χ1n) is 10.5. The Balaban J connectivity index is 2.00. The molecule has 1 heterocycles. The van der Waals surface area contributed by atoms with Crippen LogP contribution in [-0.4, -0.2) is 36.1 Å². The van der Waals surface area contributed by atoms with Crippen LogP contribution in [0, 0.1) is 6.92 Å². The lowest BCUT2D eigenvalue weighted by Gasteiger charge is -2.26. The minimum absolute atomic E-state index is 0.0269. The van der Waals surface area contributed by atoms with Crippen molar-refractivity contribution >= 4 is 46.3 Å². The maximum Gasteiger partial charge on any atom is 0.300 e. The lowest BCUT2D eigenvalue weighted by atomic mass is 9.94. The molecular weight excluding hydrogens is 493 g/mol. The molecule has 0 saturated carbocycles. The third-order valence-electron chi connectivity index (χ3n) is 5.73. The number of aromatic hydroxyl groups is 1. The number of nitrogens with zero attached hydrogens (tertiary/aromatic N) is 1. The fraction of sp³-hybridized carbons (Fsp3) is 0.154. The molecule has 180 valence electrons. The molecule has 1 amide bonds. The van der Waals surface area contributed by atoms with Crippen molar-refractivity contribution in [2.24, 2.45) is 0 Å². The van der Waals surface area contributed by atoms with E-state index in [1.807, 2.05) is 0 Å². The van der Waals surface area contributed by atoms with Crippen LogP contribution in [0.15, 0.2) is 60.2 Å². The smallest absolute Gasteiger partial charge is 0.300 e. The van der Waals surface area contributed by atoms with Crippen molar-refractivity contribution < 1.29 is 29.3 Å². The SMILES string of the molecule is COc1ccc(N2C(=O)C(=O)/C(=C(/O)c3cc(C)cc(Cl)c3OC)C2c2ccc(O)c(Cl)c2)cc1. The zero-order valence-electron chi connectivity index (χ0n) is 19.0. The highest BCUT2D eigenvalue weighted by atomic mass is 35.5. The standard InChI is InChI=1S/C26H21Cl2NO6/c1-13-10-17(25(35-3)19(28)11-13)23(31)21-22(14-4-9-20(30)18(27)12-14)29(26(33)24(21)32)15-5-7-16(34-2)8-6-15/h4-12,22,30-31H,1-3H3/b23-21+. The van der Waals surface area contributed by atoms with Gasteiger partial charge < -0.3 is 19.7 Å². The van der Waals surface area contributed by atoms with E-state index in [9.17, 15) is 19.8 Å². The summed E-state index contributed by atoms with van der Waals surface area (Å²) in [6.07, 6.45) is 0. The molecule has 1 unspecified atom stereocenters. The summed E-state index contributed by atoms with van der Waals surface area (Å²) in [5.74, 6) is -1.63. The van der Waals surface area contributed by atoms with Crippen molar-refractivity contribution in [3.63, 3.8) is 0 Å². The van der Waals surface area contributed by atoms with Gasteiger partial charge in [0.05, 0.1) is 41.4 Å². The molecule has 0 radical (unpaired) electrons. The van der Waals surface area contributed by atoms with Gasteiger partial charge in [0, 0.05) is 5.69 Å². The molecule has 35 heavy (non-hydrogen) atoms. The van der Waals surface area contributed by atoms with E-state index in [-0.39, 0.29) is 32.7 Å². The van der Waals surface area contributed by atoms with Gasteiger partial charge in [-0.2, -0.15) is 0 Å². The summed E-state index contributed by atoms with van der Waals surface area (Å²) in [5, 5.41) is 21.6. The van der Waals surface area contributed by atoms with Crippen LogP contribution in [0.1, 0.15) is 22.7 Å². The normalized spacial score (nSPS) is 17.1. The number of Topliss-reactive ketones (excluding diaryl/α,β-unsaturated/α-hetero) is 1. The van der Waals surface area contributed by atoms with Crippen LogP contribution in [0.2, 0.25) is 10.0 Å². The summed E-state index contributed by atoms with van der Waals surface area (Å²) in [6, 6.07) is 13.1. The Morgan fingerprint density at radius 1 is 0.943 bits per heavy atom. The molecule has 0 aromatic heterocycles. The fourth-order valence-electron chi connectivity index (χ4n) is 4.11.